The van der Waals surface area contributed by atoms with Crippen LogP contribution in [0.5, 0.6) is 5.75 Å². The molecule has 0 N–H and O–H groups in total. The van der Waals surface area contributed by atoms with Crippen LogP contribution in [-0.4, -0.2) is 48.5 Å². The number of carbonyl (C=O) groups excluding carboxylic acids is 1. The first-order valence-electron chi connectivity index (χ1n) is 11.5. The van der Waals surface area contributed by atoms with Crippen LogP contribution in [0.15, 0.2) is 69.9 Å². The number of carbonyl (C=O) groups is 1. The number of piperazine rings is 1. The standard InChI is InChI=1S/C27H26ClN3O4/c1-18-14-23-25(16-21(18)26(32)19-6-5-7-20(28)15-19)35-27(33)31(23)17-29-10-12-30(13-11-29)22-8-3-4-9-24(22)34-2/h3-9,14-16H,10-13,17H2,1-2H3. The first-order valence-corrected chi connectivity index (χ1v) is 11.9. The van der Waals surface area contributed by atoms with Gasteiger partial charge in [0.25, 0.3) is 0 Å². The molecule has 5 rings (SSSR count). The van der Waals surface area contributed by atoms with E-state index in [9.17, 15) is 9.59 Å². The Morgan fingerprint density at radius 3 is 2.54 bits per heavy atom. The van der Waals surface area contributed by atoms with Crippen LogP contribution >= 0.6 is 11.6 Å². The number of fused-ring (bicyclic) bond motifs is 1. The lowest BCUT2D eigenvalue weighted by Gasteiger charge is -2.36. The lowest BCUT2D eigenvalue weighted by Crippen LogP contribution is -2.47. The van der Waals surface area contributed by atoms with Crippen molar-refractivity contribution in [2.45, 2.75) is 13.6 Å². The molecule has 0 atom stereocenters. The number of oxazole rings is 1. The van der Waals surface area contributed by atoms with Gasteiger partial charge in [0.1, 0.15) is 5.75 Å². The number of para-hydroxylation sites is 2. The monoisotopic (exact) mass is 491 g/mol. The van der Waals surface area contributed by atoms with Crippen molar-refractivity contribution in [1.29, 1.82) is 0 Å². The summed E-state index contributed by atoms with van der Waals surface area (Å²) in [7, 11) is 1.68. The molecule has 0 amide bonds. The predicted octanol–water partition coefficient (Wildman–Crippen LogP) is 4.58. The molecule has 1 saturated heterocycles. The molecule has 0 spiro atoms. The van der Waals surface area contributed by atoms with Crippen molar-refractivity contribution in [2.24, 2.45) is 0 Å². The Balaban J connectivity index is 1.35. The van der Waals surface area contributed by atoms with Gasteiger partial charge in [-0.3, -0.25) is 14.3 Å². The van der Waals surface area contributed by atoms with Crippen LogP contribution in [0.3, 0.4) is 0 Å². The number of methoxy groups -OCH3 is 1. The molecular weight excluding hydrogens is 466 g/mol. The predicted molar refractivity (Wildman–Crippen MR) is 137 cm³/mol. The molecule has 0 aliphatic carbocycles. The van der Waals surface area contributed by atoms with Crippen LogP contribution in [0.4, 0.5) is 5.69 Å². The SMILES string of the molecule is COc1ccccc1N1CCN(Cn2c(=O)oc3cc(C(=O)c4cccc(Cl)c4)c(C)cc32)CC1. The van der Waals surface area contributed by atoms with E-state index in [1.165, 1.54) is 0 Å². The summed E-state index contributed by atoms with van der Waals surface area (Å²) < 4.78 is 12.7. The third-order valence-electron chi connectivity index (χ3n) is 6.49. The van der Waals surface area contributed by atoms with Gasteiger partial charge in [0.2, 0.25) is 0 Å². The number of aryl methyl sites for hydroxylation is 1. The van der Waals surface area contributed by atoms with Gasteiger partial charge < -0.3 is 14.1 Å². The summed E-state index contributed by atoms with van der Waals surface area (Å²) in [4.78, 5) is 30.3. The summed E-state index contributed by atoms with van der Waals surface area (Å²) in [5, 5.41) is 0.498. The van der Waals surface area contributed by atoms with Crippen molar-refractivity contribution in [2.75, 3.05) is 38.2 Å². The number of hydrogen-bond acceptors (Lipinski definition) is 6. The average Bonchev–Trinajstić information content (AvgIpc) is 3.17. The van der Waals surface area contributed by atoms with Crippen molar-refractivity contribution >= 4 is 34.2 Å². The van der Waals surface area contributed by atoms with Gasteiger partial charge in [0.15, 0.2) is 11.4 Å². The minimum Gasteiger partial charge on any atom is -0.495 e. The Kier molecular flexibility index (Phi) is 6.36. The largest absolute Gasteiger partial charge is 0.495 e. The highest BCUT2D eigenvalue weighted by atomic mass is 35.5. The zero-order chi connectivity index (χ0) is 24.5. The molecule has 1 fully saturated rings. The lowest BCUT2D eigenvalue weighted by molar-refractivity contribution is 0.103. The van der Waals surface area contributed by atoms with Crippen molar-refractivity contribution in [3.63, 3.8) is 0 Å². The molecule has 2 heterocycles. The maximum atomic E-state index is 13.1. The number of rotatable bonds is 6. The number of aromatic nitrogens is 1. The maximum Gasteiger partial charge on any atom is 0.421 e. The van der Waals surface area contributed by atoms with E-state index in [0.717, 1.165) is 43.2 Å². The molecule has 1 aromatic heterocycles. The fourth-order valence-corrected chi connectivity index (χ4v) is 4.79. The molecule has 7 nitrogen and oxygen atoms in total. The molecular formula is C27H26ClN3O4. The second-order valence-electron chi connectivity index (χ2n) is 8.69. The van der Waals surface area contributed by atoms with Gasteiger partial charge in [-0.15, -0.1) is 0 Å². The van der Waals surface area contributed by atoms with Crippen molar-refractivity contribution in [3.8, 4) is 5.75 Å². The van der Waals surface area contributed by atoms with Crippen LogP contribution in [0.25, 0.3) is 11.1 Å². The summed E-state index contributed by atoms with van der Waals surface area (Å²) >= 11 is 6.06. The summed E-state index contributed by atoms with van der Waals surface area (Å²) in [5.74, 6) is 0.269. The summed E-state index contributed by atoms with van der Waals surface area (Å²) in [6.45, 7) is 5.52. The van der Waals surface area contributed by atoms with Crippen LogP contribution in [0, 0.1) is 6.92 Å². The van der Waals surface area contributed by atoms with E-state index in [0.29, 0.717) is 33.9 Å². The molecule has 0 unspecified atom stereocenters. The fourth-order valence-electron chi connectivity index (χ4n) is 4.60. The molecule has 1 aliphatic rings. The highest BCUT2D eigenvalue weighted by Gasteiger charge is 2.22. The maximum absolute atomic E-state index is 13.1. The smallest absolute Gasteiger partial charge is 0.421 e. The fraction of sp³-hybridized carbons (Fsp3) is 0.259. The number of benzene rings is 3. The molecule has 8 heteroatoms. The highest BCUT2D eigenvalue weighted by molar-refractivity contribution is 6.31. The van der Waals surface area contributed by atoms with Gasteiger partial charge in [-0.1, -0.05) is 35.9 Å². The van der Waals surface area contributed by atoms with Crippen LogP contribution in [0.1, 0.15) is 21.5 Å². The van der Waals surface area contributed by atoms with Gasteiger partial charge in [-0.25, -0.2) is 4.79 Å². The third kappa shape index (κ3) is 4.57. The van der Waals surface area contributed by atoms with Crippen molar-refractivity contribution < 1.29 is 13.9 Å². The number of ether oxygens (including phenoxy) is 1. The zero-order valence-corrected chi connectivity index (χ0v) is 20.4. The van der Waals surface area contributed by atoms with E-state index >= 15 is 0 Å². The number of hydrogen-bond donors (Lipinski definition) is 0. The Morgan fingerprint density at radius 2 is 1.80 bits per heavy atom. The van der Waals surface area contributed by atoms with Crippen LogP contribution in [-0.2, 0) is 6.67 Å². The van der Waals surface area contributed by atoms with Crippen molar-refractivity contribution in [3.05, 3.63) is 92.9 Å². The van der Waals surface area contributed by atoms with Gasteiger partial charge in [-0.2, -0.15) is 0 Å². The van der Waals surface area contributed by atoms with Crippen molar-refractivity contribution in [1.82, 2.24) is 9.47 Å². The molecule has 4 aromatic rings. The van der Waals surface area contributed by atoms with Crippen LogP contribution < -0.4 is 15.4 Å². The van der Waals surface area contributed by atoms with E-state index < -0.39 is 5.76 Å². The van der Waals surface area contributed by atoms with Gasteiger partial charge in [-0.05, 0) is 48.9 Å². The summed E-state index contributed by atoms with van der Waals surface area (Å²) in [5.41, 5.74) is 3.92. The Morgan fingerprint density at radius 1 is 1.03 bits per heavy atom. The van der Waals surface area contributed by atoms with E-state index in [4.69, 9.17) is 20.8 Å². The number of halogens is 1. The molecule has 35 heavy (non-hydrogen) atoms. The molecule has 0 saturated carbocycles. The Labute approximate surface area is 208 Å². The normalized spacial score (nSPS) is 14.4. The molecule has 1 aliphatic heterocycles. The zero-order valence-electron chi connectivity index (χ0n) is 19.7. The molecule has 0 radical (unpaired) electrons. The van der Waals surface area contributed by atoms with E-state index in [1.807, 2.05) is 31.2 Å². The van der Waals surface area contributed by atoms with E-state index in [-0.39, 0.29) is 5.78 Å². The van der Waals surface area contributed by atoms with Crippen LogP contribution in [0.2, 0.25) is 5.02 Å². The average molecular weight is 492 g/mol. The topological polar surface area (TPSA) is 67.9 Å². The minimum atomic E-state index is -0.432. The molecule has 3 aromatic carbocycles. The number of ketones is 1. The van der Waals surface area contributed by atoms with Gasteiger partial charge in [0, 0.05) is 42.3 Å². The van der Waals surface area contributed by atoms with E-state index in [1.54, 1.807) is 42.0 Å². The van der Waals surface area contributed by atoms with Gasteiger partial charge >= 0.3 is 5.76 Å². The summed E-state index contributed by atoms with van der Waals surface area (Å²) in [6.07, 6.45) is 0. The number of anilines is 1. The highest BCUT2D eigenvalue weighted by Crippen LogP contribution is 2.29. The Hall–Kier alpha value is -3.55. The lowest BCUT2D eigenvalue weighted by atomic mass is 9.98. The Bertz CT molecular complexity index is 1450. The first-order chi connectivity index (χ1) is 16.9. The second kappa shape index (κ2) is 9.60. The molecule has 0 bridgehead atoms. The number of nitrogens with zero attached hydrogens (tertiary/aromatic N) is 3. The van der Waals surface area contributed by atoms with E-state index in [2.05, 4.69) is 15.9 Å². The minimum absolute atomic E-state index is 0.158. The molecule has 180 valence electrons. The summed E-state index contributed by atoms with van der Waals surface area (Å²) in [6, 6.07) is 18.3. The van der Waals surface area contributed by atoms with Gasteiger partial charge in [0.05, 0.1) is 25.0 Å². The quantitative estimate of drug-likeness (QED) is 0.368. The third-order valence-corrected chi connectivity index (χ3v) is 6.72. The second-order valence-corrected chi connectivity index (χ2v) is 9.13. The first kappa shape index (κ1) is 23.2.